The Labute approximate surface area is 405 Å². The third-order valence-corrected chi connectivity index (χ3v) is 14.9. The summed E-state index contributed by atoms with van der Waals surface area (Å²) in [4.78, 5) is 72.1. The summed E-state index contributed by atoms with van der Waals surface area (Å²) in [6.07, 6.45) is 12.0. The van der Waals surface area contributed by atoms with E-state index in [9.17, 15) is 39.3 Å². The summed E-state index contributed by atoms with van der Waals surface area (Å²) in [5, 5.41) is 32.8. The van der Waals surface area contributed by atoms with E-state index in [0.29, 0.717) is 63.4 Å². The first-order valence-corrected chi connectivity index (χ1v) is 25.0. The number of piperidine rings is 1. The first-order chi connectivity index (χ1) is 32.3. The number of aliphatic hydroxyl groups excluding tert-OH is 2. The van der Waals surface area contributed by atoms with Gasteiger partial charge in [0.15, 0.2) is 5.78 Å². The minimum atomic E-state index is -2.43. The van der Waals surface area contributed by atoms with Crippen LogP contribution >= 0.6 is 0 Å². The molecule has 3 aliphatic heterocycles. The Bertz CT molecular complexity index is 1810. The number of Topliss-reactive ketones (excluding diaryl/α,β-unsaturated/α-hetero) is 3. The van der Waals surface area contributed by atoms with E-state index < -0.39 is 77.8 Å². The number of fused-ring (bicyclic) bond motifs is 3. The third kappa shape index (κ3) is 15.3. The van der Waals surface area contributed by atoms with Gasteiger partial charge in [-0.25, -0.2) is 4.79 Å². The lowest BCUT2D eigenvalue weighted by atomic mass is 9.78. The second-order valence-corrected chi connectivity index (χ2v) is 20.2. The Morgan fingerprint density at radius 2 is 1.59 bits per heavy atom. The normalized spacial score (nSPS) is 36.7. The van der Waals surface area contributed by atoms with E-state index in [1.54, 1.807) is 41.1 Å². The number of esters is 1. The van der Waals surface area contributed by atoms with Gasteiger partial charge in [0.1, 0.15) is 30.1 Å². The lowest BCUT2D eigenvalue weighted by Crippen LogP contribution is -2.61. The molecule has 0 aromatic heterocycles. The number of ether oxygens (including phenoxy) is 6. The van der Waals surface area contributed by atoms with Gasteiger partial charge in [-0.3, -0.25) is 19.2 Å². The molecule has 4 rings (SSSR count). The zero-order chi connectivity index (χ0) is 50.3. The Morgan fingerprint density at radius 3 is 2.26 bits per heavy atom. The molecule has 3 N–H and O–H groups in total. The van der Waals surface area contributed by atoms with Crippen LogP contribution in [0.1, 0.15) is 126 Å². The van der Waals surface area contributed by atoms with Crippen LogP contribution in [0.4, 0.5) is 0 Å². The molecular formula is C53H83NO14. The summed E-state index contributed by atoms with van der Waals surface area (Å²) in [6, 6.07) is -1.14. The highest BCUT2D eigenvalue weighted by molar-refractivity contribution is 6.39. The Kier molecular flexibility index (Phi) is 22.9. The predicted molar refractivity (Wildman–Crippen MR) is 256 cm³/mol. The van der Waals surface area contributed by atoms with Crippen molar-refractivity contribution in [3.8, 4) is 0 Å². The summed E-state index contributed by atoms with van der Waals surface area (Å²) in [5.74, 6) is -7.96. The maximum Gasteiger partial charge on any atom is 0.329 e. The van der Waals surface area contributed by atoms with E-state index in [2.05, 4.69) is 0 Å². The summed E-state index contributed by atoms with van der Waals surface area (Å²) in [5.41, 5.74) is 1.26. The molecule has 1 unspecified atom stereocenters. The van der Waals surface area contributed by atoms with E-state index in [4.69, 9.17) is 28.4 Å². The van der Waals surface area contributed by atoms with Gasteiger partial charge < -0.3 is 48.6 Å². The zero-order valence-corrected chi connectivity index (χ0v) is 42.4. The van der Waals surface area contributed by atoms with Crippen LogP contribution in [-0.2, 0) is 52.4 Å². The molecule has 1 saturated carbocycles. The molecule has 15 atom stereocenters. The average Bonchev–Trinajstić information content (AvgIpc) is 3.32. The number of carbonyl (C=O) groups excluding carboxylic acids is 5. The molecule has 384 valence electrons. The van der Waals surface area contributed by atoms with Crippen molar-refractivity contribution < 1.29 is 67.7 Å². The second-order valence-electron chi connectivity index (χ2n) is 20.2. The first-order valence-electron chi connectivity index (χ1n) is 25.0. The standard InChI is InChI=1S/C53H83NO14/c1-32-16-12-11-13-17-33(2)44(63-8)30-40-21-19-38(7)53(62,68-40)50(59)51(60)54-23-15-14-18-41(54)52(61)67-45(35(4)28-39-20-22-43(66-25-24-55)46(29-39)64-9)31-42(56)34(3)27-37(6)48(58)49(65-10)47(57)36(5)26-32/h11-13,16-17,27,32,34-36,38-41,43-46,48-49,55,58,62H,14-15,18-26,28-31H2,1-10H3/t32-,34-,35-,36-,38-,39?,40+,41+,43-,44+,45+,46-,48-,49+,53-/m1/s1. The number of aliphatic hydroxyl groups is 3. The van der Waals surface area contributed by atoms with Crippen LogP contribution < -0.4 is 0 Å². The molecule has 0 aromatic carbocycles. The van der Waals surface area contributed by atoms with Crippen molar-refractivity contribution in [2.24, 2.45) is 35.5 Å². The van der Waals surface area contributed by atoms with Crippen LogP contribution in [0.25, 0.3) is 0 Å². The van der Waals surface area contributed by atoms with Crippen molar-refractivity contribution in [1.29, 1.82) is 0 Å². The van der Waals surface area contributed by atoms with Crippen LogP contribution in [-0.4, -0.2) is 145 Å². The highest BCUT2D eigenvalue weighted by atomic mass is 16.6. The van der Waals surface area contributed by atoms with Crippen molar-refractivity contribution >= 4 is 29.2 Å². The van der Waals surface area contributed by atoms with Crippen LogP contribution in [0.5, 0.6) is 0 Å². The van der Waals surface area contributed by atoms with E-state index in [1.807, 2.05) is 58.1 Å². The number of rotatable bonds is 9. The lowest BCUT2D eigenvalue weighted by Gasteiger charge is -2.42. The number of allylic oxidation sites excluding steroid dienone is 6. The number of ketones is 3. The number of cyclic esters (lactones) is 1. The largest absolute Gasteiger partial charge is 0.460 e. The molecule has 4 aliphatic rings. The zero-order valence-electron chi connectivity index (χ0n) is 42.4. The SMILES string of the molecule is CO[C@H]1C[C@@H]2CC[C@@H](C)[C@@](O)(O2)C(=O)C(=O)N2CCCC[C@H]2C(=O)O[C@H]([C@H](C)CC2CC[C@@H](OCCO)[C@H](OC)C2)CC(=O)[C@H](C)C=C(C)[C@@H](O)[C@@H](OC)C(=O)[C@H](C)C[C@H](C)C=CC=CC=C1C. The van der Waals surface area contributed by atoms with E-state index in [-0.39, 0.29) is 74.1 Å². The number of hydrogen-bond donors (Lipinski definition) is 3. The fourth-order valence-electron chi connectivity index (χ4n) is 10.5. The maximum atomic E-state index is 14.5. The van der Waals surface area contributed by atoms with Crippen LogP contribution in [0.2, 0.25) is 0 Å². The van der Waals surface area contributed by atoms with Crippen LogP contribution in [0.3, 0.4) is 0 Å². The second kappa shape index (κ2) is 27.3. The number of methoxy groups -OCH3 is 3. The summed E-state index contributed by atoms with van der Waals surface area (Å²) in [7, 11) is 4.58. The van der Waals surface area contributed by atoms with Crippen LogP contribution in [0, 0.1) is 35.5 Å². The van der Waals surface area contributed by atoms with Gasteiger partial charge in [-0.1, -0.05) is 71.1 Å². The minimum Gasteiger partial charge on any atom is -0.460 e. The Morgan fingerprint density at radius 1 is 0.853 bits per heavy atom. The fraction of sp³-hybridized carbons (Fsp3) is 0.755. The highest BCUT2D eigenvalue weighted by Gasteiger charge is 2.53. The highest BCUT2D eigenvalue weighted by Crippen LogP contribution is 2.38. The molecule has 1 amide bonds. The third-order valence-electron chi connectivity index (χ3n) is 14.9. The van der Waals surface area contributed by atoms with Gasteiger partial charge in [0, 0.05) is 58.5 Å². The number of amides is 1. The monoisotopic (exact) mass is 958 g/mol. The van der Waals surface area contributed by atoms with Crippen molar-refractivity contribution in [3.05, 3.63) is 47.6 Å². The van der Waals surface area contributed by atoms with Crippen LogP contribution in [0.15, 0.2) is 47.6 Å². The lowest BCUT2D eigenvalue weighted by molar-refractivity contribution is -0.265. The minimum absolute atomic E-state index is 0.0158. The van der Waals surface area contributed by atoms with Crippen molar-refractivity contribution in [3.63, 3.8) is 0 Å². The topological polar surface area (TPSA) is 205 Å². The molecule has 1 aliphatic carbocycles. The number of hydrogen-bond acceptors (Lipinski definition) is 14. The maximum absolute atomic E-state index is 14.5. The smallest absolute Gasteiger partial charge is 0.329 e. The van der Waals surface area contributed by atoms with E-state index in [0.717, 1.165) is 12.0 Å². The van der Waals surface area contributed by atoms with Gasteiger partial charge >= 0.3 is 5.97 Å². The van der Waals surface area contributed by atoms with Crippen molar-refractivity contribution in [2.75, 3.05) is 41.1 Å². The molecule has 3 heterocycles. The molecular weight excluding hydrogens is 875 g/mol. The molecule has 0 spiro atoms. The summed E-state index contributed by atoms with van der Waals surface area (Å²) < 4.78 is 35.6. The molecule has 2 bridgehead atoms. The summed E-state index contributed by atoms with van der Waals surface area (Å²) in [6.45, 7) is 12.9. The van der Waals surface area contributed by atoms with Crippen molar-refractivity contribution in [1.82, 2.24) is 4.90 Å². The Balaban J connectivity index is 1.70. The quantitative estimate of drug-likeness (QED) is 0.134. The van der Waals surface area contributed by atoms with Gasteiger partial charge in [0.2, 0.25) is 5.79 Å². The molecule has 3 fully saturated rings. The molecule has 68 heavy (non-hydrogen) atoms. The molecule has 0 radical (unpaired) electrons. The molecule has 2 saturated heterocycles. The van der Waals surface area contributed by atoms with Gasteiger partial charge in [-0.2, -0.15) is 0 Å². The molecule has 15 heteroatoms. The van der Waals surface area contributed by atoms with Crippen molar-refractivity contribution in [2.45, 2.75) is 180 Å². The number of nitrogens with zero attached hydrogens (tertiary/aromatic N) is 1. The van der Waals surface area contributed by atoms with E-state index in [1.165, 1.54) is 12.0 Å². The fourth-order valence-corrected chi connectivity index (χ4v) is 10.5. The molecule has 0 aromatic rings. The Hall–Kier alpha value is -3.41. The van der Waals surface area contributed by atoms with Gasteiger partial charge in [-0.15, -0.1) is 0 Å². The summed E-state index contributed by atoms with van der Waals surface area (Å²) >= 11 is 0. The van der Waals surface area contributed by atoms with Gasteiger partial charge in [0.05, 0.1) is 37.6 Å². The number of carbonyl (C=O) groups is 5. The van der Waals surface area contributed by atoms with Gasteiger partial charge in [-0.05, 0) is 107 Å². The average molecular weight is 958 g/mol. The van der Waals surface area contributed by atoms with Gasteiger partial charge in [0.25, 0.3) is 11.7 Å². The van der Waals surface area contributed by atoms with E-state index >= 15 is 0 Å². The first kappa shape index (κ1) is 57.2. The molecule has 15 nitrogen and oxygen atoms in total. The predicted octanol–water partition coefficient (Wildman–Crippen LogP) is 6.20.